The Bertz CT molecular complexity index is 352. The first-order chi connectivity index (χ1) is 7.13. The van der Waals surface area contributed by atoms with Crippen molar-refractivity contribution < 1.29 is 9.18 Å². The number of amides is 1. The van der Waals surface area contributed by atoms with Crippen molar-refractivity contribution in [3.63, 3.8) is 0 Å². The fourth-order valence-electron chi connectivity index (χ4n) is 1.19. The van der Waals surface area contributed by atoms with Gasteiger partial charge < -0.3 is 11.1 Å². The summed E-state index contributed by atoms with van der Waals surface area (Å²) in [7, 11) is 0. The molecule has 0 radical (unpaired) electrons. The van der Waals surface area contributed by atoms with Crippen LogP contribution in [0.3, 0.4) is 0 Å². The van der Waals surface area contributed by atoms with Gasteiger partial charge in [0.05, 0.1) is 5.69 Å². The van der Waals surface area contributed by atoms with Crippen molar-refractivity contribution in [1.29, 1.82) is 0 Å². The third-order valence-corrected chi connectivity index (χ3v) is 2.02. The van der Waals surface area contributed by atoms with Crippen LogP contribution in [0.1, 0.15) is 26.2 Å². The lowest BCUT2D eigenvalue weighted by molar-refractivity contribution is -0.116. The molecule has 0 fully saturated rings. The van der Waals surface area contributed by atoms with Crippen molar-refractivity contribution in [3.8, 4) is 0 Å². The second-order valence-electron chi connectivity index (χ2n) is 3.39. The minimum absolute atomic E-state index is 0.149. The molecule has 0 saturated carbocycles. The van der Waals surface area contributed by atoms with Crippen molar-refractivity contribution in [2.45, 2.75) is 26.2 Å². The highest BCUT2D eigenvalue weighted by Crippen LogP contribution is 2.17. The van der Waals surface area contributed by atoms with Gasteiger partial charge in [0.1, 0.15) is 5.82 Å². The van der Waals surface area contributed by atoms with E-state index in [1.165, 1.54) is 18.2 Å². The van der Waals surface area contributed by atoms with E-state index in [9.17, 15) is 9.18 Å². The number of halogens is 1. The summed E-state index contributed by atoms with van der Waals surface area (Å²) in [5.74, 6) is -0.643. The Hall–Kier alpha value is -1.58. The molecular weight excluding hydrogens is 195 g/mol. The average molecular weight is 210 g/mol. The first-order valence-electron chi connectivity index (χ1n) is 4.98. The van der Waals surface area contributed by atoms with Crippen molar-refractivity contribution in [3.05, 3.63) is 24.0 Å². The number of nitrogens with one attached hydrogen (secondary N) is 1. The van der Waals surface area contributed by atoms with Crippen LogP contribution in [0, 0.1) is 5.82 Å². The van der Waals surface area contributed by atoms with Crippen molar-refractivity contribution in [2.75, 3.05) is 11.1 Å². The molecule has 1 aromatic rings. The molecule has 0 aliphatic rings. The number of hydrogen-bond donors (Lipinski definition) is 2. The van der Waals surface area contributed by atoms with Gasteiger partial charge in [-0.25, -0.2) is 4.39 Å². The van der Waals surface area contributed by atoms with Gasteiger partial charge in [-0.2, -0.15) is 0 Å². The Balaban J connectivity index is 2.63. The van der Waals surface area contributed by atoms with Gasteiger partial charge in [-0.15, -0.1) is 0 Å². The van der Waals surface area contributed by atoms with E-state index in [0.29, 0.717) is 12.1 Å². The molecule has 0 aliphatic carbocycles. The number of hydrogen-bond acceptors (Lipinski definition) is 2. The number of anilines is 2. The van der Waals surface area contributed by atoms with Crippen LogP contribution in [0.5, 0.6) is 0 Å². The summed E-state index contributed by atoms with van der Waals surface area (Å²) in [6.07, 6.45) is 2.15. The number of nitrogen functional groups attached to an aromatic ring is 1. The van der Waals surface area contributed by atoms with Crippen molar-refractivity contribution >= 4 is 17.3 Å². The fraction of sp³-hybridized carbons (Fsp3) is 0.364. The van der Waals surface area contributed by atoms with Gasteiger partial charge in [0.2, 0.25) is 5.91 Å². The molecule has 0 spiro atoms. The van der Waals surface area contributed by atoms with Gasteiger partial charge in [0.15, 0.2) is 0 Å². The molecule has 0 unspecified atom stereocenters. The van der Waals surface area contributed by atoms with Crippen LogP contribution in [0.15, 0.2) is 18.2 Å². The molecule has 0 saturated heterocycles. The lowest BCUT2D eigenvalue weighted by atomic mass is 10.2. The molecule has 3 N–H and O–H groups in total. The maximum absolute atomic E-state index is 13.2. The Morgan fingerprint density at radius 1 is 1.53 bits per heavy atom. The number of carbonyl (C=O) groups excluding carboxylic acids is 1. The molecule has 0 aromatic heterocycles. The van der Waals surface area contributed by atoms with E-state index in [2.05, 4.69) is 5.32 Å². The van der Waals surface area contributed by atoms with E-state index in [1.807, 2.05) is 6.92 Å². The highest BCUT2D eigenvalue weighted by Gasteiger charge is 2.06. The van der Waals surface area contributed by atoms with E-state index >= 15 is 0 Å². The summed E-state index contributed by atoms with van der Waals surface area (Å²) in [5.41, 5.74) is 6.07. The third-order valence-electron chi connectivity index (χ3n) is 2.02. The van der Waals surface area contributed by atoms with Crippen molar-refractivity contribution in [2.24, 2.45) is 0 Å². The minimum atomic E-state index is -0.464. The second kappa shape index (κ2) is 5.34. The summed E-state index contributed by atoms with van der Waals surface area (Å²) >= 11 is 0. The number of nitrogens with two attached hydrogens (primary N) is 1. The first kappa shape index (κ1) is 11.5. The average Bonchev–Trinajstić information content (AvgIpc) is 2.20. The van der Waals surface area contributed by atoms with E-state index < -0.39 is 5.82 Å². The van der Waals surface area contributed by atoms with Gasteiger partial charge >= 0.3 is 0 Å². The van der Waals surface area contributed by atoms with Crippen LogP contribution in [0.2, 0.25) is 0 Å². The molecule has 4 heteroatoms. The van der Waals surface area contributed by atoms with Crippen molar-refractivity contribution in [1.82, 2.24) is 0 Å². The van der Waals surface area contributed by atoms with E-state index in [-0.39, 0.29) is 11.6 Å². The molecule has 3 nitrogen and oxygen atoms in total. The lowest BCUT2D eigenvalue weighted by Gasteiger charge is -2.06. The topological polar surface area (TPSA) is 55.1 Å². The predicted octanol–water partition coefficient (Wildman–Crippen LogP) is 2.54. The summed E-state index contributed by atoms with van der Waals surface area (Å²) in [5, 5.41) is 2.49. The Kier molecular flexibility index (Phi) is 4.09. The number of benzene rings is 1. The monoisotopic (exact) mass is 210 g/mol. The molecule has 1 amide bonds. The molecule has 1 rings (SSSR count). The maximum Gasteiger partial charge on any atom is 0.224 e. The molecule has 82 valence electrons. The fourth-order valence-corrected chi connectivity index (χ4v) is 1.19. The molecule has 0 aliphatic heterocycles. The van der Waals surface area contributed by atoms with Crippen LogP contribution in [-0.2, 0) is 4.79 Å². The van der Waals surface area contributed by atoms with Gasteiger partial charge in [-0.3, -0.25) is 4.79 Å². The summed E-state index contributed by atoms with van der Waals surface area (Å²) in [6.45, 7) is 1.99. The Morgan fingerprint density at radius 3 is 2.93 bits per heavy atom. The summed E-state index contributed by atoms with van der Waals surface area (Å²) < 4.78 is 13.2. The van der Waals surface area contributed by atoms with Crippen LogP contribution in [-0.4, -0.2) is 5.91 Å². The zero-order valence-electron chi connectivity index (χ0n) is 8.72. The third kappa shape index (κ3) is 3.58. The maximum atomic E-state index is 13.2. The zero-order valence-corrected chi connectivity index (χ0v) is 8.72. The highest BCUT2D eigenvalue weighted by molar-refractivity contribution is 5.91. The predicted molar refractivity (Wildman–Crippen MR) is 59.0 cm³/mol. The standard InChI is InChI=1S/C11H15FN2O/c1-2-3-4-11(15)14-10-7-8(13)5-6-9(10)12/h5-7H,2-4,13H2,1H3,(H,14,15). The van der Waals surface area contributed by atoms with Crippen LogP contribution >= 0.6 is 0 Å². The molecule has 0 bridgehead atoms. The molecule has 15 heavy (non-hydrogen) atoms. The van der Waals surface area contributed by atoms with E-state index in [4.69, 9.17) is 5.73 Å². The minimum Gasteiger partial charge on any atom is -0.399 e. The smallest absolute Gasteiger partial charge is 0.224 e. The van der Waals surface area contributed by atoms with Gasteiger partial charge in [0.25, 0.3) is 0 Å². The number of carbonyl (C=O) groups is 1. The van der Waals surface area contributed by atoms with E-state index in [1.54, 1.807) is 0 Å². The van der Waals surface area contributed by atoms with Gasteiger partial charge in [-0.05, 0) is 24.6 Å². The Labute approximate surface area is 88.5 Å². The quantitative estimate of drug-likeness (QED) is 0.750. The zero-order chi connectivity index (χ0) is 11.3. The number of unbranched alkanes of at least 4 members (excludes halogenated alkanes) is 1. The highest BCUT2D eigenvalue weighted by atomic mass is 19.1. The lowest BCUT2D eigenvalue weighted by Crippen LogP contribution is -2.12. The van der Waals surface area contributed by atoms with Crippen LogP contribution in [0.4, 0.5) is 15.8 Å². The van der Waals surface area contributed by atoms with E-state index in [0.717, 1.165) is 12.8 Å². The van der Waals surface area contributed by atoms with Crippen LogP contribution < -0.4 is 11.1 Å². The first-order valence-corrected chi connectivity index (χ1v) is 4.98. The molecule has 0 heterocycles. The summed E-state index contributed by atoms with van der Waals surface area (Å²) in [6, 6.07) is 4.11. The normalized spacial score (nSPS) is 10.0. The number of rotatable bonds is 4. The van der Waals surface area contributed by atoms with Gasteiger partial charge in [-0.1, -0.05) is 13.3 Å². The SMILES string of the molecule is CCCCC(=O)Nc1cc(N)ccc1F. The second-order valence-corrected chi connectivity index (χ2v) is 3.39. The summed E-state index contributed by atoms with van der Waals surface area (Å²) in [4.78, 5) is 11.3. The molecule has 0 atom stereocenters. The largest absolute Gasteiger partial charge is 0.399 e. The van der Waals surface area contributed by atoms with Gasteiger partial charge in [0, 0.05) is 12.1 Å². The van der Waals surface area contributed by atoms with Crippen LogP contribution in [0.25, 0.3) is 0 Å². The molecular formula is C11H15FN2O. The Morgan fingerprint density at radius 2 is 2.27 bits per heavy atom. The molecule has 1 aromatic carbocycles.